The molecule has 1 amide bonds. The third kappa shape index (κ3) is 3.29. The molecule has 28 heavy (non-hydrogen) atoms. The average molecular weight is 376 g/mol. The van der Waals surface area contributed by atoms with E-state index in [4.69, 9.17) is 0 Å². The molecular weight excluding hydrogens is 355 g/mol. The van der Waals surface area contributed by atoms with Gasteiger partial charge >= 0.3 is 0 Å². The second kappa shape index (κ2) is 7.31. The quantitative estimate of drug-likeness (QED) is 0.548. The standard InChI is InChI=1S/C22H21FN4O/c1-14(16-7-3-4-10-20(16)27-12-6-11-24-27)25-21(28)13-18-15(2)26-22-17(18)8-5-9-19(22)23/h3-12,14,26H,13H2,1-2H3,(H,25,28)/t14-/m1/s1. The topological polar surface area (TPSA) is 62.7 Å². The number of nitrogens with one attached hydrogen (secondary N) is 2. The number of aromatic amines is 1. The van der Waals surface area contributed by atoms with Crippen LogP contribution in [0.1, 0.15) is 29.8 Å². The molecule has 1 atom stereocenters. The Kier molecular flexibility index (Phi) is 4.69. The van der Waals surface area contributed by atoms with Crippen molar-refractivity contribution in [1.29, 1.82) is 0 Å². The van der Waals surface area contributed by atoms with E-state index in [0.29, 0.717) is 5.52 Å². The summed E-state index contributed by atoms with van der Waals surface area (Å²) in [7, 11) is 0. The molecule has 4 aromatic rings. The van der Waals surface area contributed by atoms with Gasteiger partial charge < -0.3 is 10.3 Å². The second-order valence-electron chi connectivity index (χ2n) is 6.87. The molecule has 0 bridgehead atoms. The van der Waals surface area contributed by atoms with Crippen molar-refractivity contribution in [2.45, 2.75) is 26.3 Å². The van der Waals surface area contributed by atoms with Gasteiger partial charge in [0.15, 0.2) is 0 Å². The minimum Gasteiger partial charge on any atom is -0.356 e. The molecule has 2 aromatic heterocycles. The van der Waals surface area contributed by atoms with Crippen molar-refractivity contribution < 1.29 is 9.18 Å². The molecule has 2 N–H and O–H groups in total. The van der Waals surface area contributed by atoms with E-state index in [2.05, 4.69) is 15.4 Å². The van der Waals surface area contributed by atoms with Crippen molar-refractivity contribution in [2.24, 2.45) is 0 Å². The van der Waals surface area contributed by atoms with Crippen molar-refractivity contribution >= 4 is 16.8 Å². The van der Waals surface area contributed by atoms with Crippen LogP contribution in [0.3, 0.4) is 0 Å². The van der Waals surface area contributed by atoms with Crippen molar-refractivity contribution in [1.82, 2.24) is 20.1 Å². The number of amides is 1. The van der Waals surface area contributed by atoms with Crippen LogP contribution in [0, 0.1) is 12.7 Å². The normalized spacial score (nSPS) is 12.2. The average Bonchev–Trinajstić information content (AvgIpc) is 3.32. The molecule has 0 aliphatic rings. The Bertz CT molecular complexity index is 1130. The third-order valence-electron chi connectivity index (χ3n) is 4.97. The zero-order valence-corrected chi connectivity index (χ0v) is 15.7. The van der Waals surface area contributed by atoms with Gasteiger partial charge in [-0.25, -0.2) is 9.07 Å². The smallest absolute Gasteiger partial charge is 0.224 e. The lowest BCUT2D eigenvalue weighted by atomic mass is 10.0. The molecule has 0 aliphatic carbocycles. The fourth-order valence-corrected chi connectivity index (χ4v) is 3.60. The summed E-state index contributed by atoms with van der Waals surface area (Å²) in [5.74, 6) is -0.426. The lowest BCUT2D eigenvalue weighted by Gasteiger charge is -2.18. The highest BCUT2D eigenvalue weighted by Crippen LogP contribution is 2.25. The monoisotopic (exact) mass is 376 g/mol. The van der Waals surface area contributed by atoms with E-state index in [-0.39, 0.29) is 24.2 Å². The molecule has 0 radical (unpaired) electrons. The molecule has 0 unspecified atom stereocenters. The molecule has 6 heteroatoms. The van der Waals surface area contributed by atoms with E-state index in [1.54, 1.807) is 16.9 Å². The van der Waals surface area contributed by atoms with Crippen molar-refractivity contribution in [3.8, 4) is 5.69 Å². The molecule has 4 rings (SSSR count). The number of H-pyrrole nitrogens is 1. The first-order chi connectivity index (χ1) is 13.5. The molecule has 0 aliphatic heterocycles. The zero-order chi connectivity index (χ0) is 19.7. The Balaban J connectivity index is 1.56. The Hall–Kier alpha value is -3.41. The summed E-state index contributed by atoms with van der Waals surface area (Å²) in [4.78, 5) is 15.8. The first kappa shape index (κ1) is 18.0. The number of para-hydroxylation sites is 2. The first-order valence-corrected chi connectivity index (χ1v) is 9.18. The molecular formula is C22H21FN4O. The maximum absolute atomic E-state index is 14.0. The molecule has 0 spiro atoms. The van der Waals surface area contributed by atoms with Crippen LogP contribution in [-0.2, 0) is 11.2 Å². The number of halogens is 1. The largest absolute Gasteiger partial charge is 0.356 e. The molecule has 2 aromatic carbocycles. The number of benzene rings is 2. The van der Waals surface area contributed by atoms with Gasteiger partial charge in [-0.15, -0.1) is 0 Å². The summed E-state index contributed by atoms with van der Waals surface area (Å²) in [6.45, 7) is 3.81. The summed E-state index contributed by atoms with van der Waals surface area (Å²) in [6, 6.07) is 14.4. The summed E-state index contributed by atoms with van der Waals surface area (Å²) >= 11 is 0. The highest BCUT2D eigenvalue weighted by Gasteiger charge is 2.18. The van der Waals surface area contributed by atoms with Crippen molar-refractivity contribution in [3.05, 3.63) is 83.6 Å². The van der Waals surface area contributed by atoms with Crippen LogP contribution in [0.15, 0.2) is 60.9 Å². The summed E-state index contributed by atoms with van der Waals surface area (Å²) in [6.07, 6.45) is 3.78. The molecule has 0 fully saturated rings. The Morgan fingerprint density at radius 2 is 2.04 bits per heavy atom. The van der Waals surface area contributed by atoms with Crippen molar-refractivity contribution in [3.63, 3.8) is 0 Å². The van der Waals surface area contributed by atoms with Gasteiger partial charge in [0.05, 0.1) is 23.7 Å². The Labute approximate surface area is 162 Å². The lowest BCUT2D eigenvalue weighted by molar-refractivity contribution is -0.121. The third-order valence-corrected chi connectivity index (χ3v) is 4.97. The predicted octanol–water partition coefficient (Wildman–Crippen LogP) is 4.22. The van der Waals surface area contributed by atoms with E-state index in [1.807, 2.05) is 56.4 Å². The van der Waals surface area contributed by atoms with Crippen LogP contribution < -0.4 is 5.32 Å². The number of aryl methyl sites for hydroxylation is 1. The van der Waals surface area contributed by atoms with Gasteiger partial charge in [-0.3, -0.25) is 4.79 Å². The number of nitrogens with zero attached hydrogens (tertiary/aromatic N) is 2. The van der Waals surface area contributed by atoms with E-state index in [0.717, 1.165) is 27.9 Å². The Morgan fingerprint density at radius 3 is 2.82 bits per heavy atom. The van der Waals surface area contributed by atoms with Crippen molar-refractivity contribution in [2.75, 3.05) is 0 Å². The van der Waals surface area contributed by atoms with Crippen LogP contribution >= 0.6 is 0 Å². The highest BCUT2D eigenvalue weighted by molar-refractivity contribution is 5.90. The van der Waals surface area contributed by atoms with Gasteiger partial charge in [-0.05, 0) is 43.2 Å². The van der Waals surface area contributed by atoms with Gasteiger partial charge in [-0.1, -0.05) is 30.3 Å². The number of hydrogen-bond acceptors (Lipinski definition) is 2. The second-order valence-corrected chi connectivity index (χ2v) is 6.87. The summed E-state index contributed by atoms with van der Waals surface area (Å²) in [5.41, 5.74) is 3.96. The number of rotatable bonds is 5. The van der Waals surface area contributed by atoms with Crippen LogP contribution in [0.2, 0.25) is 0 Å². The zero-order valence-electron chi connectivity index (χ0n) is 15.7. The predicted molar refractivity (Wildman–Crippen MR) is 107 cm³/mol. The minimum absolute atomic E-state index is 0.115. The maximum atomic E-state index is 14.0. The minimum atomic E-state index is -0.311. The van der Waals surface area contributed by atoms with E-state index < -0.39 is 0 Å². The summed E-state index contributed by atoms with van der Waals surface area (Å²) in [5, 5.41) is 8.09. The van der Waals surface area contributed by atoms with Crippen LogP contribution in [-0.4, -0.2) is 20.7 Å². The summed E-state index contributed by atoms with van der Waals surface area (Å²) < 4.78 is 15.8. The fourth-order valence-electron chi connectivity index (χ4n) is 3.60. The van der Waals surface area contributed by atoms with Gasteiger partial charge in [0.1, 0.15) is 5.82 Å². The van der Waals surface area contributed by atoms with Gasteiger partial charge in [-0.2, -0.15) is 5.10 Å². The van der Waals surface area contributed by atoms with Gasteiger partial charge in [0.25, 0.3) is 0 Å². The van der Waals surface area contributed by atoms with Gasteiger partial charge in [0, 0.05) is 23.5 Å². The van der Waals surface area contributed by atoms with E-state index >= 15 is 0 Å². The van der Waals surface area contributed by atoms with E-state index in [1.165, 1.54) is 6.07 Å². The number of carbonyl (C=O) groups is 1. The van der Waals surface area contributed by atoms with E-state index in [9.17, 15) is 9.18 Å². The molecule has 0 saturated heterocycles. The fraction of sp³-hybridized carbons (Fsp3) is 0.182. The maximum Gasteiger partial charge on any atom is 0.224 e. The molecule has 0 saturated carbocycles. The van der Waals surface area contributed by atoms with Crippen LogP contribution in [0.4, 0.5) is 4.39 Å². The Morgan fingerprint density at radius 1 is 1.21 bits per heavy atom. The number of aromatic nitrogens is 3. The molecule has 2 heterocycles. The van der Waals surface area contributed by atoms with Crippen LogP contribution in [0.5, 0.6) is 0 Å². The molecule has 5 nitrogen and oxygen atoms in total. The number of fused-ring (bicyclic) bond motifs is 1. The highest BCUT2D eigenvalue weighted by atomic mass is 19.1. The SMILES string of the molecule is Cc1[nH]c2c(F)cccc2c1CC(=O)N[C@H](C)c1ccccc1-n1cccn1. The number of carbonyl (C=O) groups excluding carboxylic acids is 1. The lowest BCUT2D eigenvalue weighted by Crippen LogP contribution is -2.29. The molecule has 142 valence electrons. The number of hydrogen-bond donors (Lipinski definition) is 2. The first-order valence-electron chi connectivity index (χ1n) is 9.18. The van der Waals surface area contributed by atoms with Gasteiger partial charge in [0.2, 0.25) is 5.91 Å². The van der Waals surface area contributed by atoms with Crippen LogP contribution in [0.25, 0.3) is 16.6 Å².